The van der Waals surface area contributed by atoms with Gasteiger partial charge in [0, 0.05) is 0 Å². The van der Waals surface area contributed by atoms with Crippen molar-refractivity contribution < 1.29 is 6.51 Å². The fraction of sp³-hybridized carbons (Fsp3) is 0.302. The molecule has 4 heteroatoms. The van der Waals surface area contributed by atoms with E-state index in [1.165, 1.54) is 27.6 Å². The van der Waals surface area contributed by atoms with Crippen molar-refractivity contribution in [3.05, 3.63) is 150 Å². The monoisotopic (exact) mass is 687 g/mol. The molecule has 10 aliphatic rings. The first-order valence-corrected chi connectivity index (χ1v) is 24.7. The Kier molecular flexibility index (Phi) is 2.20. The Balaban J connectivity index is 1.08. The molecule has 5 aromatic carbocycles. The van der Waals surface area contributed by atoms with Crippen molar-refractivity contribution >= 4 is 23.8 Å². The molecule has 1 spiro atoms. The Morgan fingerprint density at radius 3 is 1.62 bits per heavy atom. The molecule has 10 aliphatic heterocycles. The zero-order valence-electron chi connectivity index (χ0n) is 26.7. The standard InChI is InChI=1S/C38H34NP2.C5H5.Fe/c1-39(2)37(36-33(40)25-32(27-17-9-4-10-18-27)34(36)28-19-11-5-12-20-28)31-24-23-30(26-15-7-3-8-16-26)35(38(31)41)29-21-13-6-14-22-29;1-2-4-5-3-1;/h3-25,37H,40-41H2,1-2H3;1-5H;/t37-;;/m1../s1. The second-order valence-corrected chi connectivity index (χ2v) is 43.5. The predicted molar refractivity (Wildman–Crippen MR) is 197 cm³/mol. The SMILES string of the molecule is CN(C)[C@H](c1ccc(-c2ccccc2)c(-c2ccccc2)c1P)[C]12[C]3(c4ccccc4)[C]4(c5ccccc5)[CH]5[C@@]1(P)[Fe]54321678[CH]2[CH]1[CH]6[CH]7[CH]28. The van der Waals surface area contributed by atoms with Crippen LogP contribution in [0.2, 0.25) is 33.2 Å². The maximum absolute atomic E-state index is 4.51. The Morgan fingerprint density at radius 2 is 1.11 bits per heavy atom. The molecule has 47 heavy (non-hydrogen) atoms. The molecule has 0 aliphatic carbocycles. The van der Waals surface area contributed by atoms with E-state index in [4.69, 9.17) is 0 Å². The van der Waals surface area contributed by atoms with Gasteiger partial charge in [0.05, 0.1) is 0 Å². The van der Waals surface area contributed by atoms with E-state index >= 15 is 0 Å². The molecule has 1 nitrogen and oxygen atoms in total. The molecule has 234 valence electrons. The van der Waals surface area contributed by atoms with Gasteiger partial charge in [0.25, 0.3) is 0 Å². The summed E-state index contributed by atoms with van der Waals surface area (Å²) in [6.45, 7) is -4.51. The van der Waals surface area contributed by atoms with Gasteiger partial charge in [-0.3, -0.25) is 0 Å². The quantitative estimate of drug-likeness (QED) is 0.122. The molecule has 0 N–H and O–H groups in total. The molecule has 0 aromatic heterocycles. The van der Waals surface area contributed by atoms with Gasteiger partial charge in [-0.15, -0.1) is 0 Å². The summed E-state index contributed by atoms with van der Waals surface area (Å²) in [7, 11) is 12.1. The van der Waals surface area contributed by atoms with Crippen LogP contribution in [0.5, 0.6) is 0 Å². The zero-order chi connectivity index (χ0) is 31.1. The van der Waals surface area contributed by atoms with Gasteiger partial charge in [0.2, 0.25) is 0 Å². The first-order chi connectivity index (χ1) is 22.7. The minimum absolute atomic E-state index is 0.385. The van der Waals surface area contributed by atoms with Gasteiger partial charge in [-0.05, 0) is 0 Å². The van der Waals surface area contributed by atoms with Crippen LogP contribution in [0.3, 0.4) is 0 Å². The second kappa shape index (κ2) is 4.20. The van der Waals surface area contributed by atoms with Crippen molar-refractivity contribution in [3.8, 4) is 22.3 Å². The van der Waals surface area contributed by atoms with Gasteiger partial charge in [-0.25, -0.2) is 0 Å². The molecule has 0 radical (unpaired) electrons. The predicted octanol–water partition coefficient (Wildman–Crippen LogP) is 9.88. The van der Waals surface area contributed by atoms with Gasteiger partial charge in [-0.2, -0.15) is 0 Å². The number of hydrogen-bond acceptors (Lipinski definition) is 1. The average molecular weight is 688 g/mol. The fourth-order valence-electron chi connectivity index (χ4n) is 24.9. The zero-order valence-corrected chi connectivity index (χ0v) is 30.1. The first-order valence-electron chi connectivity index (χ1n) is 17.5. The van der Waals surface area contributed by atoms with Gasteiger partial charge >= 0.3 is 274 Å². The topological polar surface area (TPSA) is 3.24 Å². The number of nitrogens with zero attached hydrogens (tertiary/aromatic N) is 1. The molecule has 0 amide bonds. The molecule has 10 heterocycles. The Labute approximate surface area is 272 Å². The van der Waals surface area contributed by atoms with Crippen LogP contribution in [-0.4, -0.2) is 23.0 Å². The Morgan fingerprint density at radius 1 is 0.617 bits per heavy atom. The minimum atomic E-state index is -4.51. The van der Waals surface area contributed by atoms with E-state index in [-0.39, 0.29) is 0 Å². The van der Waals surface area contributed by atoms with Crippen molar-refractivity contribution in [1.82, 2.24) is 4.90 Å². The summed E-state index contributed by atoms with van der Waals surface area (Å²) in [6.07, 6.45) is 0. The summed E-state index contributed by atoms with van der Waals surface area (Å²) in [5.41, 5.74) is 10.4. The van der Waals surface area contributed by atoms with Crippen LogP contribution in [0.25, 0.3) is 22.3 Å². The summed E-state index contributed by atoms with van der Waals surface area (Å²) in [5, 5.41) is 1.41. The number of fused-ring (bicyclic) bond motifs is 10. The van der Waals surface area contributed by atoms with Crippen LogP contribution in [0.1, 0.15) is 22.7 Å². The van der Waals surface area contributed by atoms with E-state index in [0.29, 0.717) is 23.0 Å². The van der Waals surface area contributed by atoms with Crippen LogP contribution < -0.4 is 5.30 Å². The average Bonchev–Trinajstić information content (AvgIpc) is 4.07. The number of benzene rings is 5. The van der Waals surface area contributed by atoms with Crippen LogP contribution >= 0.6 is 18.5 Å². The molecular formula is C43H39FeNP2. The number of hydrogen-bond donors (Lipinski definition) is 0. The number of rotatable bonds is 7. The van der Waals surface area contributed by atoms with Crippen molar-refractivity contribution in [2.75, 3.05) is 14.1 Å². The van der Waals surface area contributed by atoms with Crippen molar-refractivity contribution in [2.24, 2.45) is 0 Å². The molecule has 0 saturated carbocycles. The summed E-state index contributed by atoms with van der Waals surface area (Å²) >= 11 is 0. The second-order valence-electron chi connectivity index (χ2n) is 18.8. The van der Waals surface area contributed by atoms with Gasteiger partial charge in [0.1, 0.15) is 0 Å². The van der Waals surface area contributed by atoms with Crippen molar-refractivity contribution in [2.45, 2.75) is 51.9 Å². The van der Waals surface area contributed by atoms with Gasteiger partial charge in [0.15, 0.2) is 0 Å². The molecule has 10 fully saturated rings. The first kappa shape index (κ1) is 24.6. The van der Waals surface area contributed by atoms with Crippen LogP contribution in [0, 0.1) is 0 Å². The molecule has 5 aromatic rings. The summed E-state index contributed by atoms with van der Waals surface area (Å²) < 4.78 is 1.76. The van der Waals surface area contributed by atoms with Crippen LogP contribution in [0.4, 0.5) is 0 Å². The van der Waals surface area contributed by atoms with Gasteiger partial charge in [-0.1, -0.05) is 0 Å². The maximum atomic E-state index is 3.87. The Hall–Kier alpha value is -2.56. The van der Waals surface area contributed by atoms with E-state index < -0.39 is 6.51 Å². The summed E-state index contributed by atoms with van der Waals surface area (Å²) in [4.78, 5) is 9.19. The summed E-state index contributed by atoms with van der Waals surface area (Å²) in [5.74, 6) is 0. The van der Waals surface area contributed by atoms with Crippen molar-refractivity contribution in [3.63, 3.8) is 0 Å². The van der Waals surface area contributed by atoms with E-state index in [9.17, 15) is 0 Å². The molecule has 0 bridgehead atoms. The normalized spacial score (nSPS) is 55.9. The van der Waals surface area contributed by atoms with Crippen LogP contribution in [0.15, 0.2) is 133 Å². The fourth-order valence-corrected chi connectivity index (χ4v) is 115. The van der Waals surface area contributed by atoms with Crippen molar-refractivity contribution in [1.29, 1.82) is 0 Å². The third-order valence-electron chi connectivity index (χ3n) is 22.4. The van der Waals surface area contributed by atoms with E-state index in [2.05, 4.69) is 171 Å². The summed E-state index contributed by atoms with van der Waals surface area (Å²) in [6, 6.07) is 52.2. The van der Waals surface area contributed by atoms with E-state index in [1.807, 2.05) is 0 Å². The molecule has 6 unspecified atom stereocenters. The van der Waals surface area contributed by atoms with Gasteiger partial charge < -0.3 is 0 Å². The molecule has 10 saturated heterocycles. The third-order valence-corrected chi connectivity index (χ3v) is 72.5. The van der Waals surface area contributed by atoms with E-state index in [0.717, 1.165) is 28.9 Å². The molecular weight excluding hydrogens is 648 g/mol. The third kappa shape index (κ3) is 0.663. The molecule has 15 rings (SSSR count). The van der Waals surface area contributed by atoms with Crippen LogP contribution in [-0.2, 0) is 15.1 Å². The van der Waals surface area contributed by atoms with E-state index in [1.54, 1.807) is 16.7 Å². The Bertz CT molecular complexity index is 2730. The molecule has 8 atom stereocenters.